The molecule has 4 nitrogen and oxygen atoms in total. The summed E-state index contributed by atoms with van der Waals surface area (Å²) in [6, 6.07) is 10.0. The molecule has 0 saturated heterocycles. The van der Waals surface area contributed by atoms with E-state index in [2.05, 4.69) is 19.3 Å². The quantitative estimate of drug-likeness (QED) is 0.768. The molecule has 0 bridgehead atoms. The average Bonchev–Trinajstić information content (AvgIpc) is 2.47. The van der Waals surface area contributed by atoms with Gasteiger partial charge in [-0.05, 0) is 25.3 Å². The fraction of sp³-hybridized carbons (Fsp3) is 0.533. The molecular formula is C15H24N2O2. The van der Waals surface area contributed by atoms with Gasteiger partial charge in [0.25, 0.3) is 0 Å². The number of nitrogens with zero attached hydrogens (tertiary/aromatic N) is 1. The summed E-state index contributed by atoms with van der Waals surface area (Å²) >= 11 is 0. The summed E-state index contributed by atoms with van der Waals surface area (Å²) in [6.45, 7) is 7.03. The fourth-order valence-electron chi connectivity index (χ4n) is 1.76. The van der Waals surface area contributed by atoms with E-state index in [1.165, 1.54) is 0 Å². The van der Waals surface area contributed by atoms with Crippen molar-refractivity contribution in [2.45, 2.75) is 46.3 Å². The predicted octanol–water partition coefficient (Wildman–Crippen LogP) is 3.34. The average molecular weight is 264 g/mol. The second-order valence-corrected chi connectivity index (χ2v) is 4.43. The third-order valence-corrected chi connectivity index (χ3v) is 3.07. The molecule has 0 aliphatic heterocycles. The van der Waals surface area contributed by atoms with Gasteiger partial charge in [0.2, 0.25) is 0 Å². The third-order valence-electron chi connectivity index (χ3n) is 3.07. The lowest BCUT2D eigenvalue weighted by Crippen LogP contribution is -2.47. The molecule has 0 unspecified atom stereocenters. The number of rotatable bonds is 7. The topological polar surface area (TPSA) is 41.6 Å². The maximum Gasteiger partial charge on any atom is 0.424 e. The fourth-order valence-corrected chi connectivity index (χ4v) is 1.76. The summed E-state index contributed by atoms with van der Waals surface area (Å²) in [5.74, 6) is 0. The van der Waals surface area contributed by atoms with Crippen LogP contribution in [0.3, 0.4) is 0 Å². The van der Waals surface area contributed by atoms with Gasteiger partial charge in [0.15, 0.2) is 0 Å². The summed E-state index contributed by atoms with van der Waals surface area (Å²) in [5, 5.41) is 1.54. The first-order valence-corrected chi connectivity index (χ1v) is 6.95. The zero-order valence-electron chi connectivity index (χ0n) is 12.1. The molecule has 1 N–H and O–H groups in total. The van der Waals surface area contributed by atoms with E-state index in [0.29, 0.717) is 19.2 Å². The Morgan fingerprint density at radius 1 is 1.21 bits per heavy atom. The van der Waals surface area contributed by atoms with E-state index < -0.39 is 0 Å². The number of carbonyl (C=O) groups excluding carboxylic acids is 1. The lowest BCUT2D eigenvalue weighted by Gasteiger charge is -2.26. The van der Waals surface area contributed by atoms with Gasteiger partial charge in [-0.3, -0.25) is 0 Å². The molecule has 0 fully saturated rings. The van der Waals surface area contributed by atoms with Crippen LogP contribution in [0.25, 0.3) is 0 Å². The highest BCUT2D eigenvalue weighted by Crippen LogP contribution is 2.04. The van der Waals surface area contributed by atoms with Crippen LogP contribution in [0.1, 0.15) is 39.2 Å². The van der Waals surface area contributed by atoms with Crippen molar-refractivity contribution in [1.82, 2.24) is 10.4 Å². The van der Waals surface area contributed by atoms with E-state index in [-0.39, 0.29) is 6.09 Å². The summed E-state index contributed by atoms with van der Waals surface area (Å²) in [4.78, 5) is 12.0. The first-order chi connectivity index (χ1) is 9.21. The van der Waals surface area contributed by atoms with Crippen molar-refractivity contribution in [3.8, 4) is 0 Å². The van der Waals surface area contributed by atoms with E-state index in [4.69, 9.17) is 4.74 Å². The molecule has 0 saturated carbocycles. The Kier molecular flexibility index (Phi) is 6.97. The number of amides is 1. The predicted molar refractivity (Wildman–Crippen MR) is 76.5 cm³/mol. The summed E-state index contributed by atoms with van der Waals surface area (Å²) < 4.78 is 5.30. The van der Waals surface area contributed by atoms with Gasteiger partial charge in [0.05, 0.1) is 0 Å². The molecule has 0 radical (unpaired) electrons. The number of carbonyl (C=O) groups is 1. The minimum atomic E-state index is -0.321. The number of benzene rings is 1. The van der Waals surface area contributed by atoms with Crippen LogP contribution >= 0.6 is 0 Å². The largest absolute Gasteiger partial charge is 0.444 e. The first kappa shape index (κ1) is 15.5. The lowest BCUT2D eigenvalue weighted by molar-refractivity contribution is 0.0708. The van der Waals surface area contributed by atoms with Gasteiger partial charge in [0, 0.05) is 12.6 Å². The lowest BCUT2D eigenvalue weighted by atomic mass is 10.2. The van der Waals surface area contributed by atoms with E-state index in [9.17, 15) is 4.79 Å². The van der Waals surface area contributed by atoms with Crippen LogP contribution in [0.4, 0.5) is 4.79 Å². The Bertz CT molecular complexity index is 364. The van der Waals surface area contributed by atoms with E-state index in [1.54, 1.807) is 5.01 Å². The molecule has 1 aromatic carbocycles. The molecule has 1 aromatic rings. The zero-order chi connectivity index (χ0) is 14.1. The molecule has 106 valence electrons. The van der Waals surface area contributed by atoms with Gasteiger partial charge >= 0.3 is 6.09 Å². The number of hydrogen-bond donors (Lipinski definition) is 1. The Hall–Kier alpha value is -1.55. The second kappa shape index (κ2) is 8.53. The van der Waals surface area contributed by atoms with Crippen molar-refractivity contribution in [2.75, 3.05) is 6.54 Å². The summed E-state index contributed by atoms with van der Waals surface area (Å²) in [6.07, 6.45) is 1.65. The van der Waals surface area contributed by atoms with Crippen LogP contribution in [0.2, 0.25) is 0 Å². The Labute approximate surface area is 115 Å². The van der Waals surface area contributed by atoms with Gasteiger partial charge in [-0.25, -0.2) is 15.2 Å². The van der Waals surface area contributed by atoms with Crippen molar-refractivity contribution in [1.29, 1.82) is 0 Å². The highest BCUT2D eigenvalue weighted by Gasteiger charge is 2.16. The van der Waals surface area contributed by atoms with Gasteiger partial charge in [-0.2, -0.15) is 0 Å². The maximum atomic E-state index is 12.0. The van der Waals surface area contributed by atoms with Crippen molar-refractivity contribution in [2.24, 2.45) is 0 Å². The van der Waals surface area contributed by atoms with Gasteiger partial charge in [0.1, 0.15) is 6.61 Å². The van der Waals surface area contributed by atoms with Crippen LogP contribution in [-0.2, 0) is 11.3 Å². The normalized spacial score (nSPS) is 10.5. The summed E-state index contributed by atoms with van der Waals surface area (Å²) in [7, 11) is 0. The molecule has 0 atom stereocenters. The molecule has 0 aromatic heterocycles. The molecule has 1 amide bonds. The van der Waals surface area contributed by atoms with E-state index in [0.717, 1.165) is 18.4 Å². The monoisotopic (exact) mass is 264 g/mol. The Morgan fingerprint density at radius 3 is 2.37 bits per heavy atom. The molecule has 0 spiro atoms. The highest BCUT2D eigenvalue weighted by molar-refractivity contribution is 5.66. The molecule has 0 heterocycles. The van der Waals surface area contributed by atoms with Crippen molar-refractivity contribution < 1.29 is 9.53 Å². The van der Waals surface area contributed by atoms with Gasteiger partial charge in [-0.1, -0.05) is 44.2 Å². The maximum absolute atomic E-state index is 12.0. The standard InChI is InChI=1S/C15H24N2O2/c1-4-14(5-2)16-17(6-3)15(18)19-12-13-10-8-7-9-11-13/h7-11,14,16H,4-6,12H2,1-3H3. The minimum absolute atomic E-state index is 0.306. The third kappa shape index (κ3) is 5.30. The Balaban J connectivity index is 2.45. The van der Waals surface area contributed by atoms with Crippen molar-refractivity contribution in [3.05, 3.63) is 35.9 Å². The molecule has 4 heteroatoms. The van der Waals surface area contributed by atoms with Crippen molar-refractivity contribution in [3.63, 3.8) is 0 Å². The zero-order valence-corrected chi connectivity index (χ0v) is 12.1. The van der Waals surface area contributed by atoms with Crippen LogP contribution in [0, 0.1) is 0 Å². The minimum Gasteiger partial charge on any atom is -0.444 e. The molecule has 19 heavy (non-hydrogen) atoms. The van der Waals surface area contributed by atoms with Crippen LogP contribution in [-0.4, -0.2) is 23.7 Å². The van der Waals surface area contributed by atoms with Crippen LogP contribution in [0.15, 0.2) is 30.3 Å². The summed E-state index contributed by atoms with van der Waals surface area (Å²) in [5.41, 5.74) is 4.19. The Morgan fingerprint density at radius 2 is 1.84 bits per heavy atom. The van der Waals surface area contributed by atoms with E-state index >= 15 is 0 Å². The van der Waals surface area contributed by atoms with Gasteiger partial charge < -0.3 is 4.74 Å². The van der Waals surface area contributed by atoms with Crippen LogP contribution in [0.5, 0.6) is 0 Å². The van der Waals surface area contributed by atoms with Crippen LogP contribution < -0.4 is 5.43 Å². The molecule has 0 aliphatic carbocycles. The number of hydrogen-bond acceptors (Lipinski definition) is 3. The molecular weight excluding hydrogens is 240 g/mol. The second-order valence-electron chi connectivity index (χ2n) is 4.43. The molecule has 1 rings (SSSR count). The number of ether oxygens (including phenoxy) is 1. The first-order valence-electron chi connectivity index (χ1n) is 6.95. The van der Waals surface area contributed by atoms with E-state index in [1.807, 2.05) is 37.3 Å². The smallest absolute Gasteiger partial charge is 0.424 e. The molecule has 0 aliphatic rings. The van der Waals surface area contributed by atoms with Crippen molar-refractivity contribution >= 4 is 6.09 Å². The number of nitrogens with one attached hydrogen (secondary N) is 1. The van der Waals surface area contributed by atoms with Gasteiger partial charge in [-0.15, -0.1) is 0 Å². The highest BCUT2D eigenvalue weighted by atomic mass is 16.6. The SMILES string of the molecule is CCC(CC)NN(CC)C(=O)OCc1ccccc1. The number of hydrazine groups is 1.